The van der Waals surface area contributed by atoms with Crippen LogP contribution in [0.5, 0.6) is 0 Å². The molecule has 0 saturated carbocycles. The lowest BCUT2D eigenvalue weighted by Gasteiger charge is -2.07. The number of hydrogen-bond acceptors (Lipinski definition) is 6. The molecule has 0 N–H and O–H groups in total. The Bertz CT molecular complexity index is 904. The summed E-state index contributed by atoms with van der Waals surface area (Å²) in [6.45, 7) is 0. The monoisotopic (exact) mass is 400 g/mol. The van der Waals surface area contributed by atoms with Gasteiger partial charge in [0.05, 0.1) is 41.5 Å². The Morgan fingerprint density at radius 3 is 1.57 bits per heavy atom. The van der Waals surface area contributed by atoms with Crippen molar-refractivity contribution in [3.8, 4) is 0 Å². The van der Waals surface area contributed by atoms with Crippen LogP contribution in [0.2, 0.25) is 10.0 Å². The Morgan fingerprint density at radius 2 is 1.22 bits per heavy atom. The number of halogens is 2. The molecular formula is C14H6Cl2N2O2S3. The summed E-state index contributed by atoms with van der Waals surface area (Å²) in [4.78, 5) is 7.49. The zero-order chi connectivity index (χ0) is 17.0. The molecule has 0 amide bonds. The molecule has 23 heavy (non-hydrogen) atoms. The van der Waals surface area contributed by atoms with Crippen LogP contribution < -0.4 is 0 Å². The fourth-order valence-electron chi connectivity index (χ4n) is 1.73. The lowest BCUT2D eigenvalue weighted by Crippen LogP contribution is -2.01. The van der Waals surface area contributed by atoms with Crippen LogP contribution in [0.3, 0.4) is 0 Å². The Labute approximate surface area is 153 Å². The first kappa shape index (κ1) is 17.9. The van der Waals surface area contributed by atoms with Crippen molar-refractivity contribution in [2.24, 2.45) is 9.98 Å². The zero-order valence-electron chi connectivity index (χ0n) is 11.2. The van der Waals surface area contributed by atoms with Crippen molar-refractivity contribution in [1.82, 2.24) is 0 Å². The number of aliphatic imine (C=N–C) groups is 2. The summed E-state index contributed by atoms with van der Waals surface area (Å²) in [5.74, 6) is 0. The highest BCUT2D eigenvalue weighted by molar-refractivity contribution is 7.91. The van der Waals surface area contributed by atoms with E-state index in [1.165, 1.54) is 36.4 Å². The smallest absolute Gasteiger partial charge is 0.206 e. The molecule has 0 unspecified atom stereocenters. The number of rotatable bonds is 4. The standard InChI is InChI=1S/C14H6Cl2N2O2S3/c15-11-3-1-9(5-13(11)17-7-21)23(19,20)10-2-4-12(16)14(6-10)18-8-22/h1-6H. The van der Waals surface area contributed by atoms with Gasteiger partial charge in [-0.05, 0) is 60.8 Å². The highest BCUT2D eigenvalue weighted by atomic mass is 35.5. The van der Waals surface area contributed by atoms with E-state index in [1.807, 2.05) is 0 Å². The molecule has 0 radical (unpaired) electrons. The maximum absolute atomic E-state index is 12.7. The van der Waals surface area contributed by atoms with Crippen molar-refractivity contribution in [3.63, 3.8) is 0 Å². The Balaban J connectivity index is 2.63. The van der Waals surface area contributed by atoms with Gasteiger partial charge in [-0.25, -0.2) is 8.42 Å². The first-order chi connectivity index (χ1) is 10.9. The van der Waals surface area contributed by atoms with E-state index >= 15 is 0 Å². The normalized spacial score (nSPS) is 10.5. The SMILES string of the molecule is O=S(=O)(c1ccc(Cl)c(N=C=S)c1)c1ccc(Cl)c(N=C=S)c1. The number of nitrogens with zero attached hydrogens (tertiary/aromatic N) is 2. The molecule has 0 aliphatic rings. The molecule has 0 aromatic heterocycles. The van der Waals surface area contributed by atoms with E-state index in [-0.39, 0.29) is 31.2 Å². The molecule has 0 atom stereocenters. The molecule has 9 heteroatoms. The van der Waals surface area contributed by atoms with Crippen LogP contribution in [-0.2, 0) is 9.84 Å². The summed E-state index contributed by atoms with van der Waals surface area (Å²) in [6.07, 6.45) is 0. The van der Waals surface area contributed by atoms with Crippen molar-refractivity contribution < 1.29 is 8.42 Å². The molecule has 0 spiro atoms. The van der Waals surface area contributed by atoms with Gasteiger partial charge in [0, 0.05) is 0 Å². The summed E-state index contributed by atoms with van der Waals surface area (Å²) in [5.41, 5.74) is 0.433. The summed E-state index contributed by atoms with van der Waals surface area (Å²) < 4.78 is 25.4. The fraction of sp³-hybridized carbons (Fsp3) is 0. The molecule has 116 valence electrons. The molecule has 2 aromatic carbocycles. The summed E-state index contributed by atoms with van der Waals surface area (Å²) in [5, 5.41) is 4.84. The second-order valence-electron chi connectivity index (χ2n) is 4.14. The molecule has 4 nitrogen and oxygen atoms in total. The largest absolute Gasteiger partial charge is 0.219 e. The van der Waals surface area contributed by atoms with Gasteiger partial charge < -0.3 is 0 Å². The van der Waals surface area contributed by atoms with Crippen LogP contribution in [0.15, 0.2) is 56.2 Å². The molecule has 2 aromatic rings. The van der Waals surface area contributed by atoms with Gasteiger partial charge >= 0.3 is 0 Å². The number of isothiocyanates is 2. The first-order valence-corrected chi connectivity index (χ1v) is 8.95. The van der Waals surface area contributed by atoms with E-state index < -0.39 is 9.84 Å². The van der Waals surface area contributed by atoms with E-state index in [0.717, 1.165) is 0 Å². The van der Waals surface area contributed by atoms with Gasteiger partial charge in [0.25, 0.3) is 0 Å². The highest BCUT2D eigenvalue weighted by Gasteiger charge is 2.20. The Kier molecular flexibility index (Phi) is 5.79. The summed E-state index contributed by atoms with van der Waals surface area (Å²) >= 11 is 20.9. The fourth-order valence-corrected chi connectivity index (χ4v) is 3.54. The van der Waals surface area contributed by atoms with Gasteiger partial charge in [0.2, 0.25) is 9.84 Å². The molecule has 0 heterocycles. The molecule has 0 saturated heterocycles. The second kappa shape index (κ2) is 7.43. The maximum Gasteiger partial charge on any atom is 0.206 e. The lowest BCUT2D eigenvalue weighted by molar-refractivity contribution is 0.596. The van der Waals surface area contributed by atoms with Crippen molar-refractivity contribution in [1.29, 1.82) is 0 Å². The molecule has 0 fully saturated rings. The van der Waals surface area contributed by atoms with E-state index in [2.05, 4.69) is 44.7 Å². The highest BCUT2D eigenvalue weighted by Crippen LogP contribution is 2.33. The quantitative estimate of drug-likeness (QED) is 0.516. The second-order valence-corrected chi connectivity index (χ2v) is 7.27. The Hall–Kier alpha value is -1.43. The maximum atomic E-state index is 12.7. The van der Waals surface area contributed by atoms with Crippen LogP contribution in [0.4, 0.5) is 11.4 Å². The number of sulfone groups is 1. The van der Waals surface area contributed by atoms with E-state index in [0.29, 0.717) is 0 Å². The van der Waals surface area contributed by atoms with Gasteiger partial charge in [0.15, 0.2) is 0 Å². The van der Waals surface area contributed by atoms with Crippen LogP contribution in [0.25, 0.3) is 0 Å². The topological polar surface area (TPSA) is 58.9 Å². The minimum atomic E-state index is -3.81. The van der Waals surface area contributed by atoms with Crippen LogP contribution in [0, 0.1) is 0 Å². The molecule has 0 aliphatic heterocycles. The van der Waals surface area contributed by atoms with Gasteiger partial charge in [-0.15, -0.1) is 0 Å². The Morgan fingerprint density at radius 1 is 0.826 bits per heavy atom. The number of thiocarbonyl (C=S) groups is 2. The zero-order valence-corrected chi connectivity index (χ0v) is 15.1. The van der Waals surface area contributed by atoms with Gasteiger partial charge in [-0.3, -0.25) is 0 Å². The van der Waals surface area contributed by atoms with Crippen molar-refractivity contribution in [2.45, 2.75) is 9.79 Å². The van der Waals surface area contributed by atoms with E-state index in [4.69, 9.17) is 23.2 Å². The minimum Gasteiger partial charge on any atom is -0.219 e. The van der Waals surface area contributed by atoms with Crippen LogP contribution in [0.1, 0.15) is 0 Å². The number of benzene rings is 2. The summed E-state index contributed by atoms with van der Waals surface area (Å²) in [6, 6.07) is 8.22. The average molecular weight is 401 g/mol. The third kappa shape index (κ3) is 3.91. The van der Waals surface area contributed by atoms with Gasteiger partial charge in [-0.2, -0.15) is 9.98 Å². The van der Waals surface area contributed by atoms with Crippen molar-refractivity contribution >= 4 is 79.2 Å². The minimum absolute atomic E-state index is 0.00510. The first-order valence-electron chi connectivity index (χ1n) is 5.90. The molecule has 2 rings (SSSR count). The lowest BCUT2D eigenvalue weighted by atomic mass is 10.3. The summed E-state index contributed by atoms with van der Waals surface area (Å²) in [7, 11) is -3.81. The molecule has 0 bridgehead atoms. The predicted octanol–water partition coefficient (Wildman–Crippen LogP) is 5.29. The third-order valence-corrected chi connectivity index (χ3v) is 5.36. The van der Waals surface area contributed by atoms with Crippen LogP contribution >= 0.6 is 47.6 Å². The van der Waals surface area contributed by atoms with E-state index in [1.54, 1.807) is 0 Å². The molecule has 0 aliphatic carbocycles. The predicted molar refractivity (Wildman–Crippen MR) is 97.7 cm³/mol. The van der Waals surface area contributed by atoms with Crippen LogP contribution in [-0.4, -0.2) is 18.7 Å². The van der Waals surface area contributed by atoms with Gasteiger partial charge in [0.1, 0.15) is 0 Å². The average Bonchev–Trinajstić information content (AvgIpc) is 2.51. The van der Waals surface area contributed by atoms with Gasteiger partial charge in [-0.1, -0.05) is 23.2 Å². The van der Waals surface area contributed by atoms with E-state index in [9.17, 15) is 8.42 Å². The van der Waals surface area contributed by atoms with Crippen molar-refractivity contribution in [2.75, 3.05) is 0 Å². The molecular weight excluding hydrogens is 395 g/mol. The third-order valence-electron chi connectivity index (χ3n) is 2.79. The van der Waals surface area contributed by atoms with Crippen molar-refractivity contribution in [3.05, 3.63) is 46.4 Å². The number of hydrogen-bond donors (Lipinski definition) is 0.